The second-order valence-corrected chi connectivity index (χ2v) is 4.10. The predicted octanol–water partition coefficient (Wildman–Crippen LogP) is 1.85. The van der Waals surface area contributed by atoms with Crippen molar-refractivity contribution in [3.05, 3.63) is 42.6 Å². The summed E-state index contributed by atoms with van der Waals surface area (Å²) >= 11 is 0. The highest BCUT2D eigenvalue weighted by atomic mass is 16.5. The number of fused-ring (bicyclic) bond motifs is 1. The normalized spacial score (nSPS) is 10.7. The maximum Gasteiger partial charge on any atom is 0.358 e. The van der Waals surface area contributed by atoms with E-state index in [-0.39, 0.29) is 17.3 Å². The summed E-state index contributed by atoms with van der Waals surface area (Å²) in [5.41, 5.74) is 1.24. The van der Waals surface area contributed by atoms with E-state index in [4.69, 9.17) is 9.84 Å². The van der Waals surface area contributed by atoms with Gasteiger partial charge in [0.2, 0.25) is 5.88 Å². The van der Waals surface area contributed by atoms with Gasteiger partial charge in [-0.1, -0.05) is 0 Å². The molecule has 0 atom stereocenters. The van der Waals surface area contributed by atoms with E-state index in [1.54, 1.807) is 24.7 Å². The van der Waals surface area contributed by atoms with E-state index in [9.17, 15) is 4.79 Å². The molecule has 0 aliphatic carbocycles. The Bertz CT molecular complexity index is 797. The van der Waals surface area contributed by atoms with Crippen molar-refractivity contribution in [3.8, 4) is 11.6 Å². The average Bonchev–Trinajstić information content (AvgIpc) is 2.82. The average molecular weight is 270 g/mol. The molecule has 0 unspecified atom stereocenters. The van der Waals surface area contributed by atoms with Crippen LogP contribution in [-0.4, -0.2) is 30.6 Å². The summed E-state index contributed by atoms with van der Waals surface area (Å²) < 4.78 is 7.39. The van der Waals surface area contributed by atoms with E-state index in [1.165, 1.54) is 12.3 Å². The Balaban J connectivity index is 2.08. The summed E-state index contributed by atoms with van der Waals surface area (Å²) in [5.74, 6) is -0.780. The van der Waals surface area contributed by atoms with Gasteiger partial charge >= 0.3 is 5.97 Å². The summed E-state index contributed by atoms with van der Waals surface area (Å²) in [6, 6.07) is 4.93. The minimum absolute atomic E-state index is 0.130. The zero-order valence-corrected chi connectivity index (χ0v) is 10.5. The molecular weight excluding hydrogens is 260 g/mol. The molecule has 0 aliphatic rings. The number of aryl methyl sites for hydroxylation is 1. The summed E-state index contributed by atoms with van der Waals surface area (Å²) in [4.78, 5) is 23.2. The van der Waals surface area contributed by atoms with Gasteiger partial charge in [0.15, 0.2) is 17.0 Å². The number of ether oxygens (including phenoxy) is 1. The zero-order chi connectivity index (χ0) is 14.1. The number of carbonyl (C=O) groups is 1. The van der Waals surface area contributed by atoms with Crippen LogP contribution in [0.1, 0.15) is 10.5 Å². The van der Waals surface area contributed by atoms with Crippen LogP contribution in [0.4, 0.5) is 0 Å². The first-order chi connectivity index (χ1) is 9.66. The molecule has 0 saturated carbocycles. The molecule has 7 nitrogen and oxygen atoms in total. The fourth-order valence-electron chi connectivity index (χ4n) is 1.85. The van der Waals surface area contributed by atoms with Crippen LogP contribution in [0.25, 0.3) is 11.0 Å². The van der Waals surface area contributed by atoms with Crippen LogP contribution in [-0.2, 0) is 7.05 Å². The van der Waals surface area contributed by atoms with Crippen molar-refractivity contribution in [1.82, 2.24) is 19.5 Å². The number of pyridine rings is 2. The summed E-state index contributed by atoms with van der Waals surface area (Å²) in [5, 5.41) is 9.08. The minimum atomic E-state index is -1.16. The Labute approximate surface area is 113 Å². The van der Waals surface area contributed by atoms with E-state index in [0.29, 0.717) is 5.52 Å². The van der Waals surface area contributed by atoms with Gasteiger partial charge in [0, 0.05) is 19.4 Å². The van der Waals surface area contributed by atoms with Crippen molar-refractivity contribution >= 4 is 17.0 Å². The van der Waals surface area contributed by atoms with Crippen molar-refractivity contribution in [3.63, 3.8) is 0 Å². The van der Waals surface area contributed by atoms with Crippen molar-refractivity contribution in [1.29, 1.82) is 0 Å². The molecule has 0 radical (unpaired) electrons. The molecule has 0 aliphatic heterocycles. The van der Waals surface area contributed by atoms with Gasteiger partial charge in [0.1, 0.15) is 0 Å². The maximum absolute atomic E-state index is 11.1. The van der Waals surface area contributed by atoms with Crippen molar-refractivity contribution in [2.75, 3.05) is 0 Å². The van der Waals surface area contributed by atoms with Crippen LogP contribution in [0, 0.1) is 0 Å². The Kier molecular flexibility index (Phi) is 2.79. The molecule has 0 fully saturated rings. The van der Waals surface area contributed by atoms with Crippen molar-refractivity contribution in [2.45, 2.75) is 0 Å². The molecule has 1 N–H and O–H groups in total. The number of imidazole rings is 1. The molecule has 3 aromatic rings. The Morgan fingerprint density at radius 2 is 2.10 bits per heavy atom. The molecule has 0 bridgehead atoms. The number of aromatic nitrogens is 4. The van der Waals surface area contributed by atoms with Gasteiger partial charge in [0.05, 0.1) is 11.8 Å². The Hall–Kier alpha value is -2.96. The lowest BCUT2D eigenvalue weighted by molar-refractivity contribution is 0.0687. The van der Waals surface area contributed by atoms with Gasteiger partial charge in [-0.3, -0.25) is 0 Å². The topological polar surface area (TPSA) is 90.1 Å². The molecule has 20 heavy (non-hydrogen) atoms. The lowest BCUT2D eigenvalue weighted by Crippen LogP contribution is -2.03. The predicted molar refractivity (Wildman–Crippen MR) is 69.8 cm³/mol. The standard InChI is InChI=1S/C13H10N4O3/c1-17-7-16-10-8(17)4-6-15-12(10)20-9-3-2-5-14-11(9)13(18)19/h2-7H,1H3,(H,18,19). The van der Waals surface area contributed by atoms with E-state index in [2.05, 4.69) is 15.0 Å². The third-order valence-corrected chi connectivity index (χ3v) is 2.79. The van der Waals surface area contributed by atoms with Crippen LogP contribution in [0.15, 0.2) is 36.9 Å². The smallest absolute Gasteiger partial charge is 0.358 e. The molecule has 3 aromatic heterocycles. The first kappa shape index (κ1) is 12.1. The second kappa shape index (κ2) is 4.61. The van der Waals surface area contributed by atoms with E-state index >= 15 is 0 Å². The fraction of sp³-hybridized carbons (Fsp3) is 0.0769. The first-order valence-corrected chi connectivity index (χ1v) is 5.79. The van der Waals surface area contributed by atoms with E-state index in [0.717, 1.165) is 5.52 Å². The van der Waals surface area contributed by atoms with E-state index in [1.807, 2.05) is 11.6 Å². The summed E-state index contributed by atoms with van der Waals surface area (Å²) in [6.45, 7) is 0. The van der Waals surface area contributed by atoms with Gasteiger partial charge in [-0.15, -0.1) is 0 Å². The highest BCUT2D eigenvalue weighted by Crippen LogP contribution is 2.27. The number of hydrogen-bond donors (Lipinski definition) is 1. The molecular formula is C13H10N4O3. The molecule has 100 valence electrons. The largest absolute Gasteiger partial charge is 0.476 e. The molecule has 0 amide bonds. The molecule has 7 heteroatoms. The molecule has 3 heterocycles. The van der Waals surface area contributed by atoms with Gasteiger partial charge < -0.3 is 14.4 Å². The Morgan fingerprint density at radius 3 is 2.90 bits per heavy atom. The molecule has 3 rings (SSSR count). The highest BCUT2D eigenvalue weighted by Gasteiger charge is 2.16. The highest BCUT2D eigenvalue weighted by molar-refractivity contribution is 5.89. The van der Waals surface area contributed by atoms with Crippen LogP contribution >= 0.6 is 0 Å². The number of carboxylic acids is 1. The number of rotatable bonds is 3. The lowest BCUT2D eigenvalue weighted by atomic mass is 10.3. The molecule has 0 spiro atoms. The van der Waals surface area contributed by atoms with Crippen LogP contribution in [0.2, 0.25) is 0 Å². The van der Waals surface area contributed by atoms with Crippen LogP contribution in [0.5, 0.6) is 11.6 Å². The third kappa shape index (κ3) is 1.95. The van der Waals surface area contributed by atoms with Gasteiger partial charge in [0.25, 0.3) is 0 Å². The monoisotopic (exact) mass is 270 g/mol. The number of hydrogen-bond acceptors (Lipinski definition) is 5. The van der Waals surface area contributed by atoms with Crippen LogP contribution < -0.4 is 4.74 Å². The SMILES string of the molecule is Cn1cnc2c(Oc3cccnc3C(=O)O)nccc21. The zero-order valence-electron chi connectivity index (χ0n) is 10.5. The van der Waals surface area contributed by atoms with E-state index < -0.39 is 5.97 Å². The number of carboxylic acid groups (broad SMARTS) is 1. The minimum Gasteiger partial charge on any atom is -0.476 e. The lowest BCUT2D eigenvalue weighted by Gasteiger charge is -2.07. The van der Waals surface area contributed by atoms with Gasteiger partial charge in [-0.25, -0.2) is 19.7 Å². The molecule has 0 saturated heterocycles. The third-order valence-electron chi connectivity index (χ3n) is 2.79. The van der Waals surface area contributed by atoms with Gasteiger partial charge in [-0.05, 0) is 18.2 Å². The summed E-state index contributed by atoms with van der Waals surface area (Å²) in [7, 11) is 1.85. The summed E-state index contributed by atoms with van der Waals surface area (Å²) in [6.07, 6.45) is 4.61. The van der Waals surface area contributed by atoms with Crippen LogP contribution in [0.3, 0.4) is 0 Å². The Morgan fingerprint density at radius 1 is 1.25 bits per heavy atom. The van der Waals surface area contributed by atoms with Crippen molar-refractivity contribution in [2.24, 2.45) is 7.05 Å². The first-order valence-electron chi connectivity index (χ1n) is 5.79. The quantitative estimate of drug-likeness (QED) is 0.781. The molecule has 0 aromatic carbocycles. The van der Waals surface area contributed by atoms with Crippen molar-refractivity contribution < 1.29 is 14.6 Å². The maximum atomic E-state index is 11.1. The fourth-order valence-corrected chi connectivity index (χ4v) is 1.85. The number of nitrogens with zero attached hydrogens (tertiary/aromatic N) is 4. The second-order valence-electron chi connectivity index (χ2n) is 4.10. The van der Waals surface area contributed by atoms with Gasteiger partial charge in [-0.2, -0.15) is 0 Å². The number of aromatic carboxylic acids is 1.